The molecule has 0 unspecified atom stereocenters. The minimum Gasteiger partial charge on any atom is -0.618 e. The summed E-state index contributed by atoms with van der Waals surface area (Å²) in [5.41, 5.74) is 2.78. The van der Waals surface area contributed by atoms with Crippen LogP contribution in [0.1, 0.15) is 5.56 Å². The third-order valence-corrected chi connectivity index (χ3v) is 4.11. The third-order valence-electron chi connectivity index (χ3n) is 3.78. The molecule has 0 N–H and O–H groups in total. The highest BCUT2D eigenvalue weighted by Crippen LogP contribution is 2.35. The van der Waals surface area contributed by atoms with E-state index < -0.39 is 0 Å². The second-order valence-electron chi connectivity index (χ2n) is 4.97. The smallest absolute Gasteiger partial charge is 0.268 e. The largest absolute Gasteiger partial charge is 0.618 e. The summed E-state index contributed by atoms with van der Waals surface area (Å²) < 4.78 is 0.942. The summed E-state index contributed by atoms with van der Waals surface area (Å²) >= 11 is 6.28. The molecule has 0 spiro atoms. The van der Waals surface area contributed by atoms with Gasteiger partial charge in [-0.1, -0.05) is 35.9 Å². The molecule has 2 aliphatic heterocycles. The highest BCUT2D eigenvalue weighted by Gasteiger charge is 2.38. The molecule has 0 atom stereocenters. The molecule has 0 saturated heterocycles. The van der Waals surface area contributed by atoms with E-state index in [9.17, 15) is 5.21 Å². The molecule has 0 fully saturated rings. The number of halogens is 1. The van der Waals surface area contributed by atoms with E-state index in [0.717, 1.165) is 17.0 Å². The highest BCUT2D eigenvalue weighted by molar-refractivity contribution is 6.53. The fourth-order valence-corrected chi connectivity index (χ4v) is 3.07. The molecular formula is C16H12ClN3O. The third kappa shape index (κ3) is 1.76. The second-order valence-corrected chi connectivity index (χ2v) is 5.38. The minimum atomic E-state index is 0.525. The van der Waals surface area contributed by atoms with E-state index in [1.165, 1.54) is 0 Å². The van der Waals surface area contributed by atoms with E-state index in [1.807, 2.05) is 42.5 Å². The van der Waals surface area contributed by atoms with Crippen LogP contribution in [0.4, 0.5) is 11.4 Å². The zero-order valence-corrected chi connectivity index (χ0v) is 11.9. The summed E-state index contributed by atoms with van der Waals surface area (Å²) in [4.78, 5) is 6.60. The van der Waals surface area contributed by atoms with Gasteiger partial charge in [0.2, 0.25) is 11.5 Å². The van der Waals surface area contributed by atoms with Gasteiger partial charge in [0.1, 0.15) is 5.69 Å². The van der Waals surface area contributed by atoms with E-state index in [2.05, 4.69) is 9.89 Å². The Balaban J connectivity index is 2.03. The molecule has 0 aromatic heterocycles. The Morgan fingerprint density at radius 3 is 2.71 bits per heavy atom. The number of rotatable bonds is 1. The van der Waals surface area contributed by atoms with Gasteiger partial charge < -0.3 is 10.1 Å². The predicted molar refractivity (Wildman–Crippen MR) is 84.9 cm³/mol. The average Bonchev–Trinajstić information content (AvgIpc) is 2.99. The topological polar surface area (TPSA) is 41.7 Å². The molecule has 0 bridgehead atoms. The lowest BCUT2D eigenvalue weighted by Crippen LogP contribution is -2.41. The van der Waals surface area contributed by atoms with Gasteiger partial charge >= 0.3 is 0 Å². The predicted octanol–water partition coefficient (Wildman–Crippen LogP) is 3.20. The van der Waals surface area contributed by atoms with Crippen molar-refractivity contribution in [1.82, 2.24) is 0 Å². The number of anilines is 1. The summed E-state index contributed by atoms with van der Waals surface area (Å²) in [5.74, 6) is 0.705. The number of benzene rings is 2. The first-order valence-corrected chi connectivity index (χ1v) is 7.15. The average molecular weight is 298 g/mol. The van der Waals surface area contributed by atoms with Crippen molar-refractivity contribution in [3.8, 4) is 0 Å². The standard InChI is InChI=1S/C16H12ClN3O/c17-12-6-2-1-5-11(12)15-16-18-9-10-19(16)13-7-3-4-8-14(13)20(15)21/h1-8H,9-10H2. The number of hydrogen-bond donors (Lipinski definition) is 0. The number of fused-ring (bicyclic) bond motifs is 3. The van der Waals surface area contributed by atoms with Gasteiger partial charge in [0, 0.05) is 12.6 Å². The van der Waals surface area contributed by atoms with Crippen LogP contribution in [0.15, 0.2) is 53.5 Å². The quantitative estimate of drug-likeness (QED) is 0.599. The van der Waals surface area contributed by atoms with Gasteiger partial charge in [-0.05, 0) is 18.2 Å². The van der Waals surface area contributed by atoms with Crippen LogP contribution in [0.2, 0.25) is 5.02 Å². The first kappa shape index (κ1) is 12.4. The van der Waals surface area contributed by atoms with Gasteiger partial charge in [0.15, 0.2) is 0 Å². The summed E-state index contributed by atoms with van der Waals surface area (Å²) in [6.07, 6.45) is 0. The molecule has 5 heteroatoms. The van der Waals surface area contributed by atoms with Gasteiger partial charge in [0.25, 0.3) is 5.71 Å². The fourth-order valence-electron chi connectivity index (χ4n) is 2.84. The fraction of sp³-hybridized carbons (Fsp3) is 0.125. The van der Waals surface area contributed by atoms with Crippen LogP contribution in [-0.4, -0.2) is 29.4 Å². The SMILES string of the molecule is [O-][N+]1=C(c2ccccc2Cl)C2=NCCN2c2ccccc21. The molecule has 21 heavy (non-hydrogen) atoms. The van der Waals surface area contributed by atoms with E-state index in [1.54, 1.807) is 6.07 Å². The molecule has 4 nitrogen and oxygen atoms in total. The molecule has 0 radical (unpaired) electrons. The van der Waals surface area contributed by atoms with E-state index in [-0.39, 0.29) is 0 Å². The molecule has 0 amide bonds. The van der Waals surface area contributed by atoms with Crippen LogP contribution in [0.5, 0.6) is 0 Å². The van der Waals surface area contributed by atoms with E-state index in [0.29, 0.717) is 34.4 Å². The normalized spacial score (nSPS) is 16.6. The van der Waals surface area contributed by atoms with Crippen LogP contribution < -0.4 is 4.90 Å². The summed E-state index contributed by atoms with van der Waals surface area (Å²) in [7, 11) is 0. The van der Waals surface area contributed by atoms with Crippen LogP contribution in [0, 0.1) is 5.21 Å². The molecule has 2 heterocycles. The Morgan fingerprint density at radius 1 is 1.10 bits per heavy atom. The Bertz CT molecular complexity index is 798. The van der Waals surface area contributed by atoms with Crippen LogP contribution in [-0.2, 0) is 0 Å². The van der Waals surface area contributed by atoms with Gasteiger partial charge in [-0.3, -0.25) is 4.99 Å². The maximum Gasteiger partial charge on any atom is 0.268 e. The summed E-state index contributed by atoms with van der Waals surface area (Å²) in [5, 5.41) is 13.4. The first-order valence-electron chi connectivity index (χ1n) is 6.78. The Kier molecular flexibility index (Phi) is 2.72. The lowest BCUT2D eigenvalue weighted by Gasteiger charge is -2.27. The molecule has 2 aliphatic rings. The van der Waals surface area contributed by atoms with Crippen molar-refractivity contribution < 1.29 is 4.74 Å². The lowest BCUT2D eigenvalue weighted by atomic mass is 10.1. The van der Waals surface area contributed by atoms with E-state index >= 15 is 0 Å². The summed E-state index contributed by atoms with van der Waals surface area (Å²) in [6.45, 7) is 1.47. The number of para-hydroxylation sites is 2. The van der Waals surface area contributed by atoms with Crippen molar-refractivity contribution in [3.05, 3.63) is 64.3 Å². The van der Waals surface area contributed by atoms with Crippen LogP contribution in [0.3, 0.4) is 0 Å². The second kappa shape index (κ2) is 4.60. The van der Waals surface area contributed by atoms with E-state index in [4.69, 9.17) is 11.6 Å². The van der Waals surface area contributed by atoms with Gasteiger partial charge in [-0.15, -0.1) is 0 Å². The van der Waals surface area contributed by atoms with Crippen LogP contribution >= 0.6 is 11.6 Å². The minimum absolute atomic E-state index is 0.525. The molecule has 4 rings (SSSR count). The molecule has 2 aromatic carbocycles. The first-order chi connectivity index (χ1) is 10.3. The van der Waals surface area contributed by atoms with Gasteiger partial charge in [-0.25, -0.2) is 0 Å². The maximum absolute atomic E-state index is 12.8. The number of nitrogens with zero attached hydrogens (tertiary/aromatic N) is 3. The number of amidine groups is 1. The Labute approximate surface area is 127 Å². The van der Waals surface area contributed by atoms with Crippen molar-refractivity contribution in [3.63, 3.8) is 0 Å². The lowest BCUT2D eigenvalue weighted by molar-refractivity contribution is -0.358. The zero-order valence-electron chi connectivity index (χ0n) is 11.2. The molecule has 0 saturated carbocycles. The zero-order chi connectivity index (χ0) is 14.4. The number of hydrogen-bond acceptors (Lipinski definition) is 3. The van der Waals surface area contributed by atoms with Crippen LogP contribution in [0.25, 0.3) is 0 Å². The Morgan fingerprint density at radius 2 is 1.86 bits per heavy atom. The Hall–Kier alpha value is -2.33. The van der Waals surface area contributed by atoms with Crippen molar-refractivity contribution in [2.24, 2.45) is 4.99 Å². The molecule has 0 aliphatic carbocycles. The molecule has 104 valence electrons. The van der Waals surface area contributed by atoms with Crippen molar-refractivity contribution in [2.75, 3.05) is 18.0 Å². The van der Waals surface area contributed by atoms with Crippen molar-refractivity contribution >= 4 is 34.5 Å². The number of aliphatic imine (C=N–C) groups is 1. The van der Waals surface area contributed by atoms with Crippen molar-refractivity contribution in [2.45, 2.75) is 0 Å². The van der Waals surface area contributed by atoms with Gasteiger partial charge in [-0.2, -0.15) is 4.74 Å². The van der Waals surface area contributed by atoms with Gasteiger partial charge in [0.05, 0.1) is 17.1 Å². The molecular weight excluding hydrogens is 286 g/mol. The summed E-state index contributed by atoms with van der Waals surface area (Å²) in [6, 6.07) is 15.0. The van der Waals surface area contributed by atoms with Crippen molar-refractivity contribution in [1.29, 1.82) is 0 Å². The highest BCUT2D eigenvalue weighted by atomic mass is 35.5. The molecule has 2 aromatic rings. The maximum atomic E-state index is 12.8. The monoisotopic (exact) mass is 297 g/mol.